The molecule has 22 heavy (non-hydrogen) atoms. The first-order valence-corrected chi connectivity index (χ1v) is 7.71. The minimum Gasteiger partial charge on any atom is -0.462 e. The molecule has 0 amide bonds. The SMILES string of the molecule is CC(C)=C1C=C(C(=O)OCC(C)C)[C@@H](c2ccccc2)[C@H]1O. The summed E-state index contributed by atoms with van der Waals surface area (Å²) in [4.78, 5) is 12.4. The van der Waals surface area contributed by atoms with Crippen LogP contribution in [0.2, 0.25) is 0 Å². The van der Waals surface area contributed by atoms with Gasteiger partial charge in [0.2, 0.25) is 0 Å². The summed E-state index contributed by atoms with van der Waals surface area (Å²) in [6, 6.07) is 9.63. The number of carbonyl (C=O) groups is 1. The van der Waals surface area contributed by atoms with E-state index < -0.39 is 6.10 Å². The molecule has 1 aromatic carbocycles. The van der Waals surface area contributed by atoms with Gasteiger partial charge in [-0.15, -0.1) is 0 Å². The molecule has 0 saturated heterocycles. The highest BCUT2D eigenvalue weighted by molar-refractivity contribution is 5.92. The predicted molar refractivity (Wildman–Crippen MR) is 87.4 cm³/mol. The maximum atomic E-state index is 12.4. The van der Waals surface area contributed by atoms with Gasteiger partial charge in [0.25, 0.3) is 0 Å². The fraction of sp³-hybridized carbons (Fsp3) is 0.421. The van der Waals surface area contributed by atoms with Crippen molar-refractivity contribution in [1.29, 1.82) is 0 Å². The van der Waals surface area contributed by atoms with Crippen LogP contribution in [0.25, 0.3) is 0 Å². The van der Waals surface area contributed by atoms with Crippen LogP contribution in [-0.4, -0.2) is 23.8 Å². The molecule has 118 valence electrons. The number of allylic oxidation sites excluding steroid dienone is 1. The van der Waals surface area contributed by atoms with Gasteiger partial charge in [0.05, 0.1) is 12.7 Å². The summed E-state index contributed by atoms with van der Waals surface area (Å²) < 4.78 is 5.37. The van der Waals surface area contributed by atoms with Crippen molar-refractivity contribution in [3.63, 3.8) is 0 Å². The van der Waals surface area contributed by atoms with E-state index in [1.54, 1.807) is 6.08 Å². The van der Waals surface area contributed by atoms with Gasteiger partial charge in [-0.3, -0.25) is 0 Å². The average Bonchev–Trinajstić information content (AvgIpc) is 2.83. The standard InChI is InChI=1S/C19H24O3/c1-12(2)11-22-19(21)16-10-15(13(3)4)18(20)17(16)14-8-6-5-7-9-14/h5-10,12,17-18,20H,11H2,1-4H3/t17-,18+/m1/s1. The van der Waals surface area contributed by atoms with Crippen LogP contribution in [0.3, 0.4) is 0 Å². The fourth-order valence-electron chi connectivity index (χ4n) is 2.67. The molecule has 1 aromatic rings. The van der Waals surface area contributed by atoms with Gasteiger partial charge >= 0.3 is 5.97 Å². The van der Waals surface area contributed by atoms with E-state index in [-0.39, 0.29) is 17.8 Å². The van der Waals surface area contributed by atoms with Gasteiger partial charge in [0.15, 0.2) is 0 Å². The highest BCUT2D eigenvalue weighted by Crippen LogP contribution is 2.40. The maximum absolute atomic E-state index is 12.4. The van der Waals surface area contributed by atoms with Crippen molar-refractivity contribution in [1.82, 2.24) is 0 Å². The van der Waals surface area contributed by atoms with Gasteiger partial charge in [-0.1, -0.05) is 49.8 Å². The molecule has 0 aliphatic heterocycles. The Morgan fingerprint density at radius 1 is 1.23 bits per heavy atom. The van der Waals surface area contributed by atoms with Crippen LogP contribution in [0, 0.1) is 5.92 Å². The lowest BCUT2D eigenvalue weighted by Gasteiger charge is -2.20. The topological polar surface area (TPSA) is 46.5 Å². The first kappa shape index (κ1) is 16.5. The predicted octanol–water partition coefficient (Wildman–Crippen LogP) is 3.61. The lowest BCUT2D eigenvalue weighted by Crippen LogP contribution is -2.22. The minimum absolute atomic E-state index is 0.286. The summed E-state index contributed by atoms with van der Waals surface area (Å²) in [6.07, 6.45) is 1.09. The van der Waals surface area contributed by atoms with E-state index in [2.05, 4.69) is 0 Å². The van der Waals surface area contributed by atoms with Crippen LogP contribution in [0.5, 0.6) is 0 Å². The van der Waals surface area contributed by atoms with E-state index in [9.17, 15) is 9.90 Å². The Morgan fingerprint density at radius 3 is 2.41 bits per heavy atom. The van der Waals surface area contributed by atoms with E-state index >= 15 is 0 Å². The zero-order chi connectivity index (χ0) is 16.3. The van der Waals surface area contributed by atoms with Gasteiger partial charge in [-0.05, 0) is 37.0 Å². The van der Waals surface area contributed by atoms with E-state index in [4.69, 9.17) is 4.74 Å². The lowest BCUT2D eigenvalue weighted by atomic mass is 9.89. The molecule has 3 nitrogen and oxygen atoms in total. The molecule has 3 heteroatoms. The largest absolute Gasteiger partial charge is 0.462 e. The Hall–Kier alpha value is -1.87. The molecule has 1 aliphatic carbocycles. The Kier molecular flexibility index (Phi) is 5.19. The number of carbonyl (C=O) groups excluding carboxylic acids is 1. The van der Waals surface area contributed by atoms with Gasteiger partial charge in [0.1, 0.15) is 0 Å². The van der Waals surface area contributed by atoms with Crippen LogP contribution in [0.1, 0.15) is 39.2 Å². The Labute approximate surface area is 132 Å². The van der Waals surface area contributed by atoms with Crippen molar-refractivity contribution < 1.29 is 14.6 Å². The molecular formula is C19H24O3. The third kappa shape index (κ3) is 3.47. The highest BCUT2D eigenvalue weighted by atomic mass is 16.5. The van der Waals surface area contributed by atoms with E-state index in [0.717, 1.165) is 16.7 Å². The van der Waals surface area contributed by atoms with Crippen molar-refractivity contribution in [3.8, 4) is 0 Å². The Morgan fingerprint density at radius 2 is 1.86 bits per heavy atom. The second kappa shape index (κ2) is 6.93. The quantitative estimate of drug-likeness (QED) is 0.864. The Bertz CT molecular complexity index is 592. The minimum atomic E-state index is -0.700. The summed E-state index contributed by atoms with van der Waals surface area (Å²) in [5, 5.41) is 10.7. The van der Waals surface area contributed by atoms with Crippen LogP contribution in [0.15, 0.2) is 53.1 Å². The molecule has 1 N–H and O–H groups in total. The summed E-state index contributed by atoms with van der Waals surface area (Å²) in [7, 11) is 0. The number of ether oxygens (including phenoxy) is 1. The number of hydrogen-bond acceptors (Lipinski definition) is 3. The third-order valence-electron chi connectivity index (χ3n) is 3.80. The number of aliphatic hydroxyl groups excluding tert-OH is 1. The summed E-state index contributed by atoms with van der Waals surface area (Å²) >= 11 is 0. The van der Waals surface area contributed by atoms with Crippen LogP contribution >= 0.6 is 0 Å². The molecule has 0 fully saturated rings. The lowest BCUT2D eigenvalue weighted by molar-refractivity contribution is -0.140. The third-order valence-corrected chi connectivity index (χ3v) is 3.80. The molecule has 0 unspecified atom stereocenters. The normalized spacial score (nSPS) is 21.0. The first-order chi connectivity index (χ1) is 10.4. The number of esters is 1. The molecule has 0 radical (unpaired) electrons. The fourth-order valence-corrected chi connectivity index (χ4v) is 2.67. The Balaban J connectivity index is 2.36. The van der Waals surface area contributed by atoms with Crippen molar-refractivity contribution >= 4 is 5.97 Å². The molecule has 0 bridgehead atoms. The van der Waals surface area contributed by atoms with Gasteiger partial charge in [-0.2, -0.15) is 0 Å². The first-order valence-electron chi connectivity index (χ1n) is 7.71. The molecule has 0 spiro atoms. The van der Waals surface area contributed by atoms with Gasteiger partial charge in [-0.25, -0.2) is 4.79 Å². The van der Waals surface area contributed by atoms with E-state index in [1.807, 2.05) is 58.0 Å². The van der Waals surface area contributed by atoms with Crippen molar-refractivity contribution in [2.75, 3.05) is 6.61 Å². The molecule has 2 rings (SSSR count). The number of aliphatic hydroxyl groups is 1. The molecule has 0 saturated carbocycles. The number of rotatable bonds is 4. The maximum Gasteiger partial charge on any atom is 0.334 e. The monoisotopic (exact) mass is 300 g/mol. The number of hydrogen-bond donors (Lipinski definition) is 1. The van der Waals surface area contributed by atoms with Gasteiger partial charge < -0.3 is 9.84 Å². The summed E-state index contributed by atoms with van der Waals surface area (Å²) in [5.74, 6) is -0.405. The summed E-state index contributed by atoms with van der Waals surface area (Å²) in [6.45, 7) is 8.28. The van der Waals surface area contributed by atoms with Crippen molar-refractivity contribution in [2.45, 2.75) is 39.7 Å². The molecule has 0 aromatic heterocycles. The molecule has 1 aliphatic rings. The number of benzene rings is 1. The average molecular weight is 300 g/mol. The zero-order valence-corrected chi connectivity index (χ0v) is 13.7. The molecule has 0 heterocycles. The van der Waals surface area contributed by atoms with Crippen molar-refractivity contribution in [3.05, 3.63) is 58.7 Å². The second-order valence-electron chi connectivity index (χ2n) is 6.38. The van der Waals surface area contributed by atoms with Crippen LogP contribution < -0.4 is 0 Å². The second-order valence-corrected chi connectivity index (χ2v) is 6.38. The zero-order valence-electron chi connectivity index (χ0n) is 13.7. The highest BCUT2D eigenvalue weighted by Gasteiger charge is 2.37. The molecule has 2 atom stereocenters. The van der Waals surface area contributed by atoms with Crippen LogP contribution in [-0.2, 0) is 9.53 Å². The molecular weight excluding hydrogens is 276 g/mol. The smallest absolute Gasteiger partial charge is 0.334 e. The summed E-state index contributed by atoms with van der Waals surface area (Å²) in [5.41, 5.74) is 3.29. The van der Waals surface area contributed by atoms with E-state index in [1.165, 1.54) is 0 Å². The van der Waals surface area contributed by atoms with Crippen LogP contribution in [0.4, 0.5) is 0 Å². The van der Waals surface area contributed by atoms with Crippen molar-refractivity contribution in [2.24, 2.45) is 5.92 Å². The van der Waals surface area contributed by atoms with Gasteiger partial charge in [0, 0.05) is 11.5 Å². The van der Waals surface area contributed by atoms with E-state index in [0.29, 0.717) is 12.2 Å².